The third kappa shape index (κ3) is 4.90. The van der Waals surface area contributed by atoms with Gasteiger partial charge in [-0.1, -0.05) is 18.5 Å². The summed E-state index contributed by atoms with van der Waals surface area (Å²) < 4.78 is 11.0. The normalized spacial score (nSPS) is 15.2. The molecule has 0 aliphatic carbocycles. The van der Waals surface area contributed by atoms with Crippen molar-refractivity contribution < 1.29 is 28.6 Å². The topological polar surface area (TPSA) is 121 Å². The SMILES string of the molecule is CCCOC(=O)c1cc(-c2ccc(/C=C3/C(=O)N(CCO)C(=O)C(C#N)=C3C)o2)ccc1Cl. The number of hydrogen-bond donors (Lipinski definition) is 1. The molecule has 0 saturated carbocycles. The number of aliphatic hydroxyl groups is 1. The van der Waals surface area contributed by atoms with Crippen molar-refractivity contribution in [2.75, 3.05) is 19.8 Å². The van der Waals surface area contributed by atoms with Gasteiger partial charge in [0.05, 0.1) is 30.3 Å². The van der Waals surface area contributed by atoms with Crippen molar-refractivity contribution in [1.82, 2.24) is 4.90 Å². The quantitative estimate of drug-likeness (QED) is 0.373. The lowest BCUT2D eigenvalue weighted by Gasteiger charge is -2.26. The lowest BCUT2D eigenvalue weighted by Crippen LogP contribution is -2.44. The maximum atomic E-state index is 12.8. The van der Waals surface area contributed by atoms with Crippen LogP contribution in [0.3, 0.4) is 0 Å². The molecule has 1 N–H and O–H groups in total. The van der Waals surface area contributed by atoms with E-state index in [9.17, 15) is 24.8 Å². The lowest BCUT2D eigenvalue weighted by molar-refractivity contribution is -0.141. The van der Waals surface area contributed by atoms with Gasteiger partial charge in [0.2, 0.25) is 0 Å². The van der Waals surface area contributed by atoms with E-state index >= 15 is 0 Å². The van der Waals surface area contributed by atoms with Crippen LogP contribution in [0.25, 0.3) is 17.4 Å². The summed E-state index contributed by atoms with van der Waals surface area (Å²) in [6.45, 7) is 3.02. The lowest BCUT2D eigenvalue weighted by atomic mass is 9.95. The first-order valence-corrected chi connectivity index (χ1v) is 10.6. The summed E-state index contributed by atoms with van der Waals surface area (Å²) in [7, 11) is 0. The fourth-order valence-electron chi connectivity index (χ4n) is 3.27. The highest BCUT2D eigenvalue weighted by Gasteiger charge is 2.35. The van der Waals surface area contributed by atoms with Crippen LogP contribution in [0.5, 0.6) is 0 Å². The first-order valence-electron chi connectivity index (χ1n) is 10.2. The molecule has 9 heteroatoms. The van der Waals surface area contributed by atoms with E-state index in [1.165, 1.54) is 13.0 Å². The summed E-state index contributed by atoms with van der Waals surface area (Å²) in [5.41, 5.74) is 0.947. The number of rotatable bonds is 7. The van der Waals surface area contributed by atoms with Gasteiger partial charge in [-0.05, 0) is 55.3 Å². The second kappa shape index (κ2) is 10.3. The average Bonchev–Trinajstić information content (AvgIpc) is 3.27. The Kier molecular flexibility index (Phi) is 7.48. The van der Waals surface area contributed by atoms with Crippen molar-refractivity contribution in [3.05, 3.63) is 63.4 Å². The van der Waals surface area contributed by atoms with Gasteiger partial charge in [0, 0.05) is 11.1 Å². The van der Waals surface area contributed by atoms with Crippen LogP contribution in [0.2, 0.25) is 5.02 Å². The number of nitriles is 1. The van der Waals surface area contributed by atoms with Crippen LogP contribution in [0.1, 0.15) is 36.4 Å². The standard InChI is InChI=1S/C24H21ClN2O6/c1-3-10-32-24(31)18-11-15(4-6-20(18)25)21-7-5-16(33-21)12-17-14(2)19(13-26)23(30)27(8-9-28)22(17)29/h4-7,11-12,28H,3,8-10H2,1-2H3/b17-12+. The fourth-order valence-corrected chi connectivity index (χ4v) is 3.46. The number of halogens is 1. The minimum absolute atomic E-state index is 0.112. The Morgan fingerprint density at radius 1 is 1.27 bits per heavy atom. The monoisotopic (exact) mass is 468 g/mol. The second-order valence-electron chi connectivity index (χ2n) is 7.19. The third-order valence-electron chi connectivity index (χ3n) is 4.97. The molecule has 8 nitrogen and oxygen atoms in total. The van der Waals surface area contributed by atoms with E-state index in [1.54, 1.807) is 30.3 Å². The number of aliphatic hydroxyl groups excluding tert-OH is 1. The number of amides is 2. The van der Waals surface area contributed by atoms with E-state index in [0.717, 1.165) is 4.90 Å². The minimum atomic E-state index is -0.741. The molecule has 1 aliphatic heterocycles. The molecule has 2 amide bonds. The number of carbonyl (C=O) groups excluding carboxylic acids is 3. The summed E-state index contributed by atoms with van der Waals surface area (Å²) in [6, 6.07) is 9.90. The van der Waals surface area contributed by atoms with Gasteiger partial charge in [0.1, 0.15) is 23.2 Å². The van der Waals surface area contributed by atoms with E-state index in [0.29, 0.717) is 23.5 Å². The number of hydrogen-bond acceptors (Lipinski definition) is 7. The number of nitrogens with zero attached hydrogens (tertiary/aromatic N) is 2. The Hall–Kier alpha value is -3.67. The van der Waals surface area contributed by atoms with Gasteiger partial charge >= 0.3 is 5.97 Å². The van der Waals surface area contributed by atoms with Gasteiger partial charge in [0.15, 0.2) is 0 Å². The first-order chi connectivity index (χ1) is 15.8. The number of imide groups is 1. The van der Waals surface area contributed by atoms with E-state index in [4.69, 9.17) is 20.8 Å². The molecule has 3 rings (SSSR count). The number of furan rings is 1. The van der Waals surface area contributed by atoms with Crippen molar-refractivity contribution in [3.63, 3.8) is 0 Å². The van der Waals surface area contributed by atoms with Crippen molar-refractivity contribution in [1.29, 1.82) is 5.26 Å². The summed E-state index contributed by atoms with van der Waals surface area (Å²) in [6.07, 6.45) is 2.11. The highest BCUT2D eigenvalue weighted by Crippen LogP contribution is 2.31. The van der Waals surface area contributed by atoms with E-state index < -0.39 is 24.4 Å². The Bertz CT molecular complexity index is 1220. The molecule has 0 bridgehead atoms. The molecule has 0 spiro atoms. The van der Waals surface area contributed by atoms with Crippen molar-refractivity contribution in [2.45, 2.75) is 20.3 Å². The van der Waals surface area contributed by atoms with Crippen LogP contribution in [-0.2, 0) is 14.3 Å². The zero-order valence-electron chi connectivity index (χ0n) is 18.1. The zero-order valence-corrected chi connectivity index (χ0v) is 18.8. The molecule has 1 aromatic carbocycles. The van der Waals surface area contributed by atoms with Crippen LogP contribution in [0.4, 0.5) is 0 Å². The predicted molar refractivity (Wildman–Crippen MR) is 120 cm³/mol. The third-order valence-corrected chi connectivity index (χ3v) is 5.30. The first kappa shape index (κ1) is 24.0. The van der Waals surface area contributed by atoms with Crippen LogP contribution in [-0.4, -0.2) is 47.5 Å². The summed E-state index contributed by atoms with van der Waals surface area (Å²) in [5, 5.41) is 18.8. The number of carbonyl (C=O) groups is 3. The van der Waals surface area contributed by atoms with Crippen LogP contribution in [0.15, 0.2) is 51.5 Å². The molecule has 1 aromatic heterocycles. The molecule has 170 valence electrons. The summed E-state index contributed by atoms with van der Waals surface area (Å²) in [5.74, 6) is -1.19. The molecule has 0 fully saturated rings. The minimum Gasteiger partial charge on any atom is -0.462 e. The molecule has 0 atom stereocenters. The number of benzene rings is 1. The van der Waals surface area contributed by atoms with Crippen molar-refractivity contribution in [2.24, 2.45) is 0 Å². The Morgan fingerprint density at radius 2 is 2.03 bits per heavy atom. The molecular formula is C24H21ClN2O6. The highest BCUT2D eigenvalue weighted by atomic mass is 35.5. The number of β-amino-alcohol motifs (C(OH)–C–C–N with tert-alkyl or cyclic N) is 1. The zero-order chi connectivity index (χ0) is 24.1. The largest absolute Gasteiger partial charge is 0.462 e. The molecule has 0 unspecified atom stereocenters. The number of esters is 1. The van der Waals surface area contributed by atoms with Gasteiger partial charge in [-0.15, -0.1) is 0 Å². The second-order valence-corrected chi connectivity index (χ2v) is 7.60. The Labute approximate surface area is 195 Å². The maximum absolute atomic E-state index is 12.8. The molecular weight excluding hydrogens is 448 g/mol. The smallest absolute Gasteiger partial charge is 0.339 e. The summed E-state index contributed by atoms with van der Waals surface area (Å²) in [4.78, 5) is 38.2. The highest BCUT2D eigenvalue weighted by molar-refractivity contribution is 6.33. The van der Waals surface area contributed by atoms with Gasteiger partial charge in [-0.2, -0.15) is 5.26 Å². The van der Waals surface area contributed by atoms with Gasteiger partial charge in [-0.3, -0.25) is 14.5 Å². The van der Waals surface area contributed by atoms with E-state index in [2.05, 4.69) is 0 Å². The van der Waals surface area contributed by atoms with E-state index in [1.807, 2.05) is 13.0 Å². The van der Waals surface area contributed by atoms with Gasteiger partial charge in [-0.25, -0.2) is 4.79 Å². The molecule has 2 aromatic rings. The fraction of sp³-hybridized carbons (Fsp3) is 0.250. The summed E-state index contributed by atoms with van der Waals surface area (Å²) >= 11 is 6.14. The van der Waals surface area contributed by atoms with Crippen molar-refractivity contribution in [3.8, 4) is 17.4 Å². The van der Waals surface area contributed by atoms with Crippen LogP contribution >= 0.6 is 11.6 Å². The maximum Gasteiger partial charge on any atom is 0.339 e. The van der Waals surface area contributed by atoms with E-state index in [-0.39, 0.29) is 40.5 Å². The van der Waals surface area contributed by atoms with Gasteiger partial charge in [0.25, 0.3) is 11.8 Å². The van der Waals surface area contributed by atoms with Crippen LogP contribution < -0.4 is 0 Å². The molecule has 33 heavy (non-hydrogen) atoms. The molecule has 2 heterocycles. The average molecular weight is 469 g/mol. The number of ether oxygens (including phenoxy) is 1. The Balaban J connectivity index is 1.97. The van der Waals surface area contributed by atoms with Gasteiger partial charge < -0.3 is 14.3 Å². The van der Waals surface area contributed by atoms with Crippen molar-refractivity contribution >= 4 is 35.5 Å². The molecule has 0 radical (unpaired) electrons. The van der Waals surface area contributed by atoms with Crippen LogP contribution in [0, 0.1) is 11.3 Å². The Morgan fingerprint density at radius 3 is 2.70 bits per heavy atom. The molecule has 0 saturated heterocycles. The molecule has 1 aliphatic rings. The predicted octanol–water partition coefficient (Wildman–Crippen LogP) is 3.75.